The van der Waals surface area contributed by atoms with Gasteiger partial charge in [0, 0.05) is 0 Å². The Kier molecular flexibility index (Phi) is 5.71. The second-order valence-corrected chi connectivity index (χ2v) is 4.21. The molecule has 5 atom stereocenters. The van der Waals surface area contributed by atoms with Crippen molar-refractivity contribution in [1.29, 1.82) is 0 Å². The highest BCUT2D eigenvalue weighted by atomic mass is 16.5. The molecule has 4 N–H and O–H groups in total. The minimum Gasteiger partial charge on any atom is -0.394 e. The highest BCUT2D eigenvalue weighted by Crippen LogP contribution is 2.25. The van der Waals surface area contributed by atoms with Crippen LogP contribution in [0.4, 0.5) is 0 Å². The number of rotatable bonds is 4. The molecule has 1 rings (SSSR count). The molecule has 0 spiro atoms. The lowest BCUT2D eigenvalue weighted by Crippen LogP contribution is -2.58. The molecule has 0 radical (unpaired) electrons. The molecule has 1 aliphatic rings. The van der Waals surface area contributed by atoms with E-state index in [1.165, 1.54) is 0 Å². The Balaban J connectivity index is 2.78. The number of aliphatic hydroxyl groups is 4. The highest BCUT2D eigenvalue weighted by Gasteiger charge is 2.43. The fraction of sp³-hybridized carbons (Fsp3) is 0.538. The van der Waals surface area contributed by atoms with Crippen LogP contribution in [0.5, 0.6) is 0 Å². The quantitative estimate of drug-likeness (QED) is 0.510. The van der Waals surface area contributed by atoms with Crippen LogP contribution in [0.2, 0.25) is 0 Å². The molecular formula is C13H20O5. The van der Waals surface area contributed by atoms with Crippen molar-refractivity contribution in [2.24, 2.45) is 0 Å². The van der Waals surface area contributed by atoms with Gasteiger partial charge < -0.3 is 25.2 Å². The molecule has 0 aromatic heterocycles. The van der Waals surface area contributed by atoms with Crippen molar-refractivity contribution in [2.75, 3.05) is 6.61 Å². The maximum Gasteiger partial charge on any atom is 0.113 e. The van der Waals surface area contributed by atoms with E-state index in [1.54, 1.807) is 18.2 Å². The summed E-state index contributed by atoms with van der Waals surface area (Å²) in [6.45, 7) is 5.17. The number of aliphatic hydroxyl groups excluding tert-OH is 4. The standard InChI is InChI=1S/C13H20O5/c1-3-4-5-6-8(2)13-12(17)11(16)10(15)9(7-14)18-13/h3-6,9-17H,2,7H2,1H3/b4-3-,6-5-/t9-,10-,11+,12-,13+/m1/s1. The van der Waals surface area contributed by atoms with Crippen LogP contribution in [0.3, 0.4) is 0 Å². The molecule has 5 nitrogen and oxygen atoms in total. The average molecular weight is 256 g/mol. The first-order chi connectivity index (χ1) is 8.52. The number of ether oxygens (including phenoxy) is 1. The fourth-order valence-corrected chi connectivity index (χ4v) is 1.79. The largest absolute Gasteiger partial charge is 0.394 e. The maximum atomic E-state index is 9.82. The van der Waals surface area contributed by atoms with Gasteiger partial charge in [-0.1, -0.05) is 30.9 Å². The van der Waals surface area contributed by atoms with E-state index in [1.807, 2.05) is 13.0 Å². The molecule has 1 saturated heterocycles. The van der Waals surface area contributed by atoms with E-state index >= 15 is 0 Å². The van der Waals surface area contributed by atoms with Crippen LogP contribution in [-0.2, 0) is 4.74 Å². The first-order valence-corrected chi connectivity index (χ1v) is 5.81. The smallest absolute Gasteiger partial charge is 0.113 e. The molecule has 0 aromatic carbocycles. The van der Waals surface area contributed by atoms with Crippen molar-refractivity contribution in [3.63, 3.8) is 0 Å². The molecule has 1 fully saturated rings. The Hall–Kier alpha value is -0.980. The third-order valence-corrected chi connectivity index (χ3v) is 2.87. The SMILES string of the molecule is C=C(/C=C\C=C/C)[C@@H]1O[C@H](CO)[C@@H](O)[C@H](O)[C@H]1O. The predicted octanol–water partition coefficient (Wildman–Crippen LogP) is -0.483. The van der Waals surface area contributed by atoms with Crippen molar-refractivity contribution in [3.8, 4) is 0 Å². The summed E-state index contributed by atoms with van der Waals surface area (Å²) in [4.78, 5) is 0. The van der Waals surface area contributed by atoms with Gasteiger partial charge in [0.15, 0.2) is 0 Å². The molecular weight excluding hydrogens is 236 g/mol. The Morgan fingerprint density at radius 2 is 1.83 bits per heavy atom. The van der Waals surface area contributed by atoms with Gasteiger partial charge in [-0.05, 0) is 12.5 Å². The second-order valence-electron chi connectivity index (χ2n) is 4.21. The van der Waals surface area contributed by atoms with E-state index in [2.05, 4.69) is 6.58 Å². The number of hydrogen-bond acceptors (Lipinski definition) is 5. The van der Waals surface area contributed by atoms with Gasteiger partial charge in [-0.2, -0.15) is 0 Å². The average Bonchev–Trinajstić information content (AvgIpc) is 2.36. The monoisotopic (exact) mass is 256 g/mol. The van der Waals surface area contributed by atoms with E-state index in [9.17, 15) is 15.3 Å². The first-order valence-electron chi connectivity index (χ1n) is 5.81. The molecule has 1 aliphatic heterocycles. The van der Waals surface area contributed by atoms with Gasteiger partial charge in [0.2, 0.25) is 0 Å². The predicted molar refractivity (Wildman–Crippen MR) is 66.9 cm³/mol. The zero-order chi connectivity index (χ0) is 13.7. The third kappa shape index (κ3) is 3.28. The maximum absolute atomic E-state index is 9.82. The Labute approximate surface area is 106 Å². The number of allylic oxidation sites excluding steroid dienone is 3. The van der Waals surface area contributed by atoms with Crippen LogP contribution in [0.25, 0.3) is 0 Å². The number of hydrogen-bond donors (Lipinski definition) is 4. The van der Waals surface area contributed by atoms with Gasteiger partial charge >= 0.3 is 0 Å². The lowest BCUT2D eigenvalue weighted by molar-refractivity contribution is -0.218. The Morgan fingerprint density at radius 1 is 1.17 bits per heavy atom. The molecule has 102 valence electrons. The van der Waals surface area contributed by atoms with Crippen LogP contribution in [0.15, 0.2) is 36.5 Å². The van der Waals surface area contributed by atoms with Crippen LogP contribution < -0.4 is 0 Å². The highest BCUT2D eigenvalue weighted by molar-refractivity contribution is 5.25. The van der Waals surface area contributed by atoms with E-state index in [0.29, 0.717) is 5.57 Å². The van der Waals surface area contributed by atoms with E-state index in [-0.39, 0.29) is 0 Å². The summed E-state index contributed by atoms with van der Waals surface area (Å²) in [5, 5.41) is 38.1. The second kappa shape index (κ2) is 6.82. The van der Waals surface area contributed by atoms with Gasteiger partial charge in [0.05, 0.1) is 6.61 Å². The minimum absolute atomic E-state index is 0.437. The van der Waals surface area contributed by atoms with Crippen molar-refractivity contribution in [3.05, 3.63) is 36.5 Å². The molecule has 0 bridgehead atoms. The first kappa shape index (κ1) is 15.1. The lowest BCUT2D eigenvalue weighted by atomic mass is 9.91. The molecule has 0 amide bonds. The third-order valence-electron chi connectivity index (χ3n) is 2.87. The van der Waals surface area contributed by atoms with E-state index in [0.717, 1.165) is 0 Å². The Bertz CT molecular complexity index is 334. The van der Waals surface area contributed by atoms with Gasteiger partial charge in [-0.25, -0.2) is 0 Å². The van der Waals surface area contributed by atoms with Gasteiger partial charge in [0.25, 0.3) is 0 Å². The van der Waals surface area contributed by atoms with Gasteiger partial charge in [-0.3, -0.25) is 0 Å². The van der Waals surface area contributed by atoms with Crippen molar-refractivity contribution in [2.45, 2.75) is 37.4 Å². The van der Waals surface area contributed by atoms with Crippen LogP contribution in [0.1, 0.15) is 6.92 Å². The van der Waals surface area contributed by atoms with E-state index < -0.39 is 37.1 Å². The Morgan fingerprint density at radius 3 is 2.39 bits per heavy atom. The summed E-state index contributed by atoms with van der Waals surface area (Å²) in [7, 11) is 0. The summed E-state index contributed by atoms with van der Waals surface area (Å²) in [5.41, 5.74) is 0.463. The van der Waals surface area contributed by atoms with Crippen molar-refractivity contribution >= 4 is 0 Å². The fourth-order valence-electron chi connectivity index (χ4n) is 1.79. The van der Waals surface area contributed by atoms with Crippen LogP contribution in [-0.4, -0.2) is 57.6 Å². The van der Waals surface area contributed by atoms with Crippen molar-refractivity contribution in [1.82, 2.24) is 0 Å². The zero-order valence-electron chi connectivity index (χ0n) is 10.3. The molecule has 0 unspecified atom stereocenters. The molecule has 0 saturated carbocycles. The molecule has 5 heteroatoms. The summed E-state index contributed by atoms with van der Waals surface area (Å²) >= 11 is 0. The topological polar surface area (TPSA) is 90.2 Å². The molecule has 1 heterocycles. The van der Waals surface area contributed by atoms with Crippen LogP contribution >= 0.6 is 0 Å². The lowest BCUT2D eigenvalue weighted by Gasteiger charge is -2.40. The van der Waals surface area contributed by atoms with Gasteiger partial charge in [0.1, 0.15) is 30.5 Å². The molecule has 0 aliphatic carbocycles. The van der Waals surface area contributed by atoms with Crippen molar-refractivity contribution < 1.29 is 25.2 Å². The molecule has 18 heavy (non-hydrogen) atoms. The normalized spacial score (nSPS) is 37.5. The van der Waals surface area contributed by atoms with Gasteiger partial charge in [-0.15, -0.1) is 0 Å². The summed E-state index contributed by atoms with van der Waals surface area (Å²) in [6, 6.07) is 0. The summed E-state index contributed by atoms with van der Waals surface area (Å²) in [6.07, 6.45) is 1.26. The van der Waals surface area contributed by atoms with E-state index in [4.69, 9.17) is 9.84 Å². The van der Waals surface area contributed by atoms with Crippen LogP contribution in [0, 0.1) is 0 Å². The summed E-state index contributed by atoms with van der Waals surface area (Å²) < 4.78 is 5.34. The zero-order valence-corrected chi connectivity index (χ0v) is 10.3. The summed E-state index contributed by atoms with van der Waals surface area (Å²) in [5.74, 6) is 0. The minimum atomic E-state index is -1.37. The molecule has 0 aromatic rings.